The monoisotopic (exact) mass is 510 g/mol. The summed E-state index contributed by atoms with van der Waals surface area (Å²) in [6, 6.07) is 8.41. The number of benzene rings is 2. The lowest BCUT2D eigenvalue weighted by atomic mass is 10.2. The number of amides is 1. The molecule has 1 saturated heterocycles. The van der Waals surface area contributed by atoms with Gasteiger partial charge in [-0.2, -0.15) is 0 Å². The third-order valence-electron chi connectivity index (χ3n) is 5.60. The van der Waals surface area contributed by atoms with Crippen LogP contribution < -0.4 is 4.90 Å². The molecule has 1 fully saturated rings. The maximum Gasteiger partial charge on any atom is 0.228 e. The molecule has 1 aromatic heterocycles. The van der Waals surface area contributed by atoms with Gasteiger partial charge in [0.2, 0.25) is 5.91 Å². The Morgan fingerprint density at radius 1 is 1.27 bits per heavy atom. The van der Waals surface area contributed by atoms with Gasteiger partial charge in [-0.15, -0.1) is 0 Å². The topological polar surface area (TPSA) is 76.6 Å². The van der Waals surface area contributed by atoms with E-state index in [2.05, 4.69) is 4.98 Å². The van der Waals surface area contributed by atoms with E-state index < -0.39 is 15.7 Å². The first-order valence-electron chi connectivity index (χ1n) is 10.7. The molecule has 33 heavy (non-hydrogen) atoms. The van der Waals surface area contributed by atoms with Crippen molar-refractivity contribution in [3.05, 3.63) is 52.8 Å². The van der Waals surface area contributed by atoms with Gasteiger partial charge >= 0.3 is 0 Å². The molecule has 176 valence electrons. The van der Waals surface area contributed by atoms with Gasteiger partial charge in [0.05, 0.1) is 38.5 Å². The maximum absolute atomic E-state index is 13.2. The SMILES string of the molecule is Cc1ccc(Cl)c2sc(N(CC3CCCO3)C(=O)CCCS(=O)(=O)c3ccc(F)cc3)nc12. The van der Waals surface area contributed by atoms with Crippen molar-refractivity contribution in [1.82, 2.24) is 4.98 Å². The molecule has 1 unspecified atom stereocenters. The van der Waals surface area contributed by atoms with Crippen LogP contribution in [-0.4, -0.2) is 44.3 Å². The van der Waals surface area contributed by atoms with Gasteiger partial charge in [-0.3, -0.25) is 9.69 Å². The number of hydrogen-bond donors (Lipinski definition) is 0. The zero-order valence-corrected chi connectivity index (χ0v) is 20.5. The molecule has 1 amide bonds. The first-order valence-corrected chi connectivity index (χ1v) is 13.6. The molecule has 2 heterocycles. The lowest BCUT2D eigenvalue weighted by Crippen LogP contribution is -2.37. The smallest absolute Gasteiger partial charge is 0.228 e. The van der Waals surface area contributed by atoms with Gasteiger partial charge in [0, 0.05) is 13.0 Å². The van der Waals surface area contributed by atoms with E-state index in [4.69, 9.17) is 16.3 Å². The number of ether oxygens (including phenoxy) is 1. The third-order valence-corrected chi connectivity index (χ3v) is 8.96. The molecule has 0 saturated carbocycles. The Morgan fingerprint density at radius 2 is 2.03 bits per heavy atom. The van der Waals surface area contributed by atoms with Crippen LogP contribution in [0, 0.1) is 12.7 Å². The fourth-order valence-electron chi connectivity index (χ4n) is 3.79. The van der Waals surface area contributed by atoms with Crippen molar-refractivity contribution >= 4 is 54.0 Å². The summed E-state index contributed by atoms with van der Waals surface area (Å²) in [5.41, 5.74) is 1.72. The summed E-state index contributed by atoms with van der Waals surface area (Å²) in [5.74, 6) is -0.921. The first kappa shape index (κ1) is 24.1. The number of fused-ring (bicyclic) bond motifs is 1. The average Bonchev–Trinajstić information content (AvgIpc) is 3.45. The van der Waals surface area contributed by atoms with E-state index in [0.717, 1.165) is 40.8 Å². The fraction of sp³-hybridized carbons (Fsp3) is 0.391. The zero-order chi connectivity index (χ0) is 23.6. The highest BCUT2D eigenvalue weighted by molar-refractivity contribution is 7.91. The van der Waals surface area contributed by atoms with Gasteiger partial charge < -0.3 is 4.74 Å². The number of rotatable bonds is 8. The van der Waals surface area contributed by atoms with E-state index in [1.165, 1.54) is 23.5 Å². The fourth-order valence-corrected chi connectivity index (χ4v) is 6.45. The second-order valence-corrected chi connectivity index (χ2v) is 11.5. The Balaban J connectivity index is 1.51. The summed E-state index contributed by atoms with van der Waals surface area (Å²) < 4.78 is 44.7. The molecule has 3 aromatic rings. The summed E-state index contributed by atoms with van der Waals surface area (Å²) in [6.07, 6.45) is 1.89. The van der Waals surface area contributed by atoms with Crippen LogP contribution in [0.5, 0.6) is 0 Å². The minimum Gasteiger partial charge on any atom is -0.376 e. The molecule has 0 bridgehead atoms. The lowest BCUT2D eigenvalue weighted by molar-refractivity contribution is -0.119. The second kappa shape index (κ2) is 10.0. The summed E-state index contributed by atoms with van der Waals surface area (Å²) in [6.45, 7) is 2.96. The number of halogens is 2. The summed E-state index contributed by atoms with van der Waals surface area (Å²) >= 11 is 7.70. The molecule has 0 radical (unpaired) electrons. The van der Waals surface area contributed by atoms with Crippen LogP contribution in [0.2, 0.25) is 5.02 Å². The molecule has 0 spiro atoms. The highest BCUT2D eigenvalue weighted by Gasteiger charge is 2.27. The largest absolute Gasteiger partial charge is 0.376 e. The zero-order valence-electron chi connectivity index (χ0n) is 18.1. The van der Waals surface area contributed by atoms with Crippen molar-refractivity contribution in [2.24, 2.45) is 0 Å². The normalized spacial score (nSPS) is 16.4. The Labute approximate surface area is 201 Å². The first-order chi connectivity index (χ1) is 15.7. The van der Waals surface area contributed by atoms with E-state index in [0.29, 0.717) is 23.3 Å². The third kappa shape index (κ3) is 5.54. The number of sulfone groups is 1. The van der Waals surface area contributed by atoms with Gasteiger partial charge in [0.15, 0.2) is 15.0 Å². The molecule has 0 N–H and O–H groups in total. The van der Waals surface area contributed by atoms with E-state index >= 15 is 0 Å². The molecular formula is C23H24ClFN2O4S2. The van der Waals surface area contributed by atoms with Crippen molar-refractivity contribution in [1.29, 1.82) is 0 Å². The van der Waals surface area contributed by atoms with Crippen molar-refractivity contribution in [2.45, 2.75) is 43.6 Å². The van der Waals surface area contributed by atoms with Crippen LogP contribution in [0.3, 0.4) is 0 Å². The van der Waals surface area contributed by atoms with Gasteiger partial charge in [-0.1, -0.05) is 29.0 Å². The molecule has 1 aliphatic rings. The van der Waals surface area contributed by atoms with Crippen molar-refractivity contribution in [3.63, 3.8) is 0 Å². The summed E-state index contributed by atoms with van der Waals surface area (Å²) in [4.78, 5) is 19.5. The van der Waals surface area contributed by atoms with E-state index in [1.54, 1.807) is 4.90 Å². The standard InChI is InChI=1S/C23H24ClFN2O4S2/c1-15-6-11-19(24)22-21(15)26-23(32-22)27(14-17-4-2-12-31-17)20(28)5-3-13-33(29,30)18-9-7-16(25)8-10-18/h6-11,17H,2-5,12-14H2,1H3. The predicted octanol–water partition coefficient (Wildman–Crippen LogP) is 5.16. The lowest BCUT2D eigenvalue weighted by Gasteiger charge is -2.23. The predicted molar refractivity (Wildman–Crippen MR) is 128 cm³/mol. The molecule has 0 aliphatic carbocycles. The molecular weight excluding hydrogens is 487 g/mol. The molecule has 4 rings (SSSR count). The minimum atomic E-state index is -3.61. The van der Waals surface area contributed by atoms with Crippen LogP contribution in [-0.2, 0) is 19.4 Å². The Kier molecular flexibility index (Phi) is 7.33. The number of anilines is 1. The van der Waals surface area contributed by atoms with E-state index in [-0.39, 0.29) is 35.5 Å². The number of carbonyl (C=O) groups excluding carboxylic acids is 1. The van der Waals surface area contributed by atoms with Crippen molar-refractivity contribution in [3.8, 4) is 0 Å². The van der Waals surface area contributed by atoms with Crippen LogP contribution in [0.4, 0.5) is 9.52 Å². The quantitative estimate of drug-likeness (QED) is 0.391. The molecule has 6 nitrogen and oxygen atoms in total. The number of thiazole rings is 1. The Morgan fingerprint density at radius 3 is 2.70 bits per heavy atom. The van der Waals surface area contributed by atoms with Crippen molar-refractivity contribution in [2.75, 3.05) is 23.8 Å². The number of nitrogens with zero attached hydrogens (tertiary/aromatic N) is 2. The number of carbonyl (C=O) groups is 1. The maximum atomic E-state index is 13.2. The number of aromatic nitrogens is 1. The van der Waals surface area contributed by atoms with Crippen LogP contribution in [0.1, 0.15) is 31.2 Å². The number of hydrogen-bond acceptors (Lipinski definition) is 6. The van der Waals surface area contributed by atoms with E-state index in [9.17, 15) is 17.6 Å². The van der Waals surface area contributed by atoms with Crippen molar-refractivity contribution < 1.29 is 22.3 Å². The van der Waals surface area contributed by atoms with Gasteiger partial charge in [0.1, 0.15) is 5.82 Å². The highest BCUT2D eigenvalue weighted by Crippen LogP contribution is 2.36. The summed E-state index contributed by atoms with van der Waals surface area (Å²) in [5, 5.41) is 1.11. The number of aryl methyl sites for hydroxylation is 1. The van der Waals surface area contributed by atoms with E-state index in [1.807, 2.05) is 19.1 Å². The molecule has 2 aromatic carbocycles. The van der Waals surface area contributed by atoms with Gasteiger partial charge in [-0.25, -0.2) is 17.8 Å². The summed E-state index contributed by atoms with van der Waals surface area (Å²) in [7, 11) is -3.61. The highest BCUT2D eigenvalue weighted by atomic mass is 35.5. The molecule has 1 atom stereocenters. The van der Waals surface area contributed by atoms with Gasteiger partial charge in [0.25, 0.3) is 0 Å². The van der Waals surface area contributed by atoms with Crippen LogP contribution >= 0.6 is 22.9 Å². The molecule has 10 heteroatoms. The Hall–Kier alpha value is -2.07. The van der Waals surface area contributed by atoms with Crippen LogP contribution in [0.25, 0.3) is 10.2 Å². The van der Waals surface area contributed by atoms with Gasteiger partial charge in [-0.05, 0) is 62.1 Å². The molecule has 1 aliphatic heterocycles. The average molecular weight is 511 g/mol. The van der Waals surface area contributed by atoms with Crippen LogP contribution in [0.15, 0.2) is 41.3 Å². The minimum absolute atomic E-state index is 0.0375. The Bertz CT molecular complexity index is 1220. The second-order valence-electron chi connectivity index (χ2n) is 8.05.